The summed E-state index contributed by atoms with van der Waals surface area (Å²) in [5.74, 6) is 0.507. The van der Waals surface area contributed by atoms with Gasteiger partial charge in [0.05, 0.1) is 23.6 Å². The van der Waals surface area contributed by atoms with Crippen LogP contribution in [0.2, 0.25) is 0 Å². The Balaban J connectivity index is 1.23. The van der Waals surface area contributed by atoms with Crippen molar-refractivity contribution in [2.45, 2.75) is 38.8 Å². The molecule has 0 spiro atoms. The summed E-state index contributed by atoms with van der Waals surface area (Å²) in [5, 5.41) is 0.420. The molecule has 1 aromatic heterocycles. The molecule has 0 radical (unpaired) electrons. The SMILES string of the molecule is CCOC(=O)C(C)c1ccc(-c2c(Oc3cccc(-c4c(Cc5ccccc5)cnc5c(C(F)(F)F)cccc45)c3)ccc3c2Cc2ccccc2-3)cc1. The van der Waals surface area contributed by atoms with Crippen LogP contribution in [0.4, 0.5) is 13.2 Å². The van der Waals surface area contributed by atoms with Crippen molar-refractivity contribution < 1.29 is 27.4 Å². The average molecular weight is 720 g/mol. The number of hydrogen-bond donors (Lipinski definition) is 0. The third-order valence-electron chi connectivity index (χ3n) is 10.2. The van der Waals surface area contributed by atoms with E-state index in [0.717, 1.165) is 57.0 Å². The number of halogens is 3. The van der Waals surface area contributed by atoms with Crippen molar-refractivity contribution in [2.24, 2.45) is 0 Å². The van der Waals surface area contributed by atoms with Crippen molar-refractivity contribution >= 4 is 16.9 Å². The zero-order chi connectivity index (χ0) is 37.4. The molecular weight excluding hydrogens is 684 g/mol. The molecule has 4 nitrogen and oxygen atoms in total. The van der Waals surface area contributed by atoms with Crippen LogP contribution in [0.25, 0.3) is 44.3 Å². The first-order chi connectivity index (χ1) is 26.2. The summed E-state index contributed by atoms with van der Waals surface area (Å²) in [4.78, 5) is 16.9. The Hall–Kier alpha value is -6.21. The maximum absolute atomic E-state index is 14.2. The molecule has 6 aromatic carbocycles. The second-order valence-electron chi connectivity index (χ2n) is 13.5. The van der Waals surface area contributed by atoms with Crippen LogP contribution in [0.5, 0.6) is 11.5 Å². The molecule has 0 bridgehead atoms. The fraction of sp³-hybridized carbons (Fsp3) is 0.149. The Kier molecular flexibility index (Phi) is 9.24. The monoisotopic (exact) mass is 719 g/mol. The van der Waals surface area contributed by atoms with E-state index in [0.29, 0.717) is 35.5 Å². The van der Waals surface area contributed by atoms with Gasteiger partial charge >= 0.3 is 12.1 Å². The number of ether oxygens (including phenoxy) is 2. The first-order valence-electron chi connectivity index (χ1n) is 18.0. The van der Waals surface area contributed by atoms with Gasteiger partial charge in [-0.05, 0) is 107 Å². The third kappa shape index (κ3) is 6.62. The minimum absolute atomic E-state index is 0.0932. The lowest BCUT2D eigenvalue weighted by Crippen LogP contribution is -2.12. The average Bonchev–Trinajstić information content (AvgIpc) is 3.56. The lowest BCUT2D eigenvalue weighted by Gasteiger charge is -2.19. The number of carbonyl (C=O) groups excluding carboxylic acids is 1. The standard InChI is InChI=1S/C47H36F3NO3/c1-3-53-46(52)29(2)31-19-21-32(22-20-31)44-40-27-33-13-7-8-16-37(33)38(40)23-24-42(44)54-36-15-9-14-34(26-36)43-35(25-30-11-5-4-6-12-30)28-51-45-39(43)17-10-18-41(45)47(48,49)50/h4-24,26,28-29H,3,25,27H2,1-2H3. The maximum Gasteiger partial charge on any atom is 0.418 e. The quantitative estimate of drug-likeness (QED) is 0.139. The van der Waals surface area contributed by atoms with Gasteiger partial charge < -0.3 is 9.47 Å². The summed E-state index contributed by atoms with van der Waals surface area (Å²) >= 11 is 0. The first kappa shape index (κ1) is 34.9. The van der Waals surface area contributed by atoms with Crippen LogP contribution >= 0.6 is 0 Å². The van der Waals surface area contributed by atoms with E-state index < -0.39 is 17.7 Å². The van der Waals surface area contributed by atoms with E-state index in [-0.39, 0.29) is 11.5 Å². The highest BCUT2D eigenvalue weighted by molar-refractivity contribution is 5.98. The largest absolute Gasteiger partial charge is 0.466 e. The molecule has 1 aliphatic rings. The molecule has 0 saturated carbocycles. The van der Waals surface area contributed by atoms with Crippen LogP contribution in [0, 0.1) is 0 Å². The third-order valence-corrected chi connectivity index (χ3v) is 10.2. The summed E-state index contributed by atoms with van der Waals surface area (Å²) < 4.78 is 54.7. The van der Waals surface area contributed by atoms with Crippen molar-refractivity contribution in [3.8, 4) is 44.9 Å². The van der Waals surface area contributed by atoms with Gasteiger partial charge in [0.25, 0.3) is 0 Å². The van der Waals surface area contributed by atoms with Crippen molar-refractivity contribution in [2.75, 3.05) is 6.61 Å². The molecule has 1 atom stereocenters. The van der Waals surface area contributed by atoms with Crippen LogP contribution in [0.3, 0.4) is 0 Å². The number of carbonyl (C=O) groups is 1. The maximum atomic E-state index is 14.2. The molecule has 268 valence electrons. The molecule has 0 N–H and O–H groups in total. The minimum Gasteiger partial charge on any atom is -0.466 e. The molecule has 8 rings (SSSR count). The van der Waals surface area contributed by atoms with E-state index in [1.165, 1.54) is 17.2 Å². The van der Waals surface area contributed by atoms with Gasteiger partial charge in [0.15, 0.2) is 0 Å². The summed E-state index contributed by atoms with van der Waals surface area (Å²) in [6, 6.07) is 42.0. The number of esters is 1. The number of benzene rings is 6. The summed E-state index contributed by atoms with van der Waals surface area (Å²) in [6.07, 6.45) is -1.78. The number of hydrogen-bond acceptors (Lipinski definition) is 4. The number of fused-ring (bicyclic) bond motifs is 4. The fourth-order valence-corrected chi connectivity index (χ4v) is 7.56. The fourth-order valence-electron chi connectivity index (χ4n) is 7.56. The summed E-state index contributed by atoms with van der Waals surface area (Å²) in [6.45, 7) is 3.96. The number of pyridine rings is 1. The van der Waals surface area contributed by atoms with Gasteiger partial charge in [-0.3, -0.25) is 9.78 Å². The number of rotatable bonds is 9. The van der Waals surface area contributed by atoms with Gasteiger partial charge in [-0.2, -0.15) is 13.2 Å². The molecular formula is C47H36F3NO3. The van der Waals surface area contributed by atoms with Crippen LogP contribution < -0.4 is 4.74 Å². The molecule has 0 aliphatic heterocycles. The van der Waals surface area contributed by atoms with Gasteiger partial charge in [0.1, 0.15) is 11.5 Å². The Bertz CT molecular complexity index is 2510. The van der Waals surface area contributed by atoms with E-state index in [9.17, 15) is 18.0 Å². The highest BCUT2D eigenvalue weighted by atomic mass is 19.4. The molecule has 0 fully saturated rings. The molecule has 0 saturated heterocycles. The molecule has 1 heterocycles. The van der Waals surface area contributed by atoms with Gasteiger partial charge in [-0.25, -0.2) is 0 Å². The highest BCUT2D eigenvalue weighted by Crippen LogP contribution is 2.47. The zero-order valence-electron chi connectivity index (χ0n) is 29.8. The van der Waals surface area contributed by atoms with E-state index in [1.54, 1.807) is 19.2 Å². The van der Waals surface area contributed by atoms with E-state index >= 15 is 0 Å². The molecule has 7 aromatic rings. The van der Waals surface area contributed by atoms with Gasteiger partial charge in [-0.15, -0.1) is 0 Å². The molecule has 1 unspecified atom stereocenters. The molecule has 7 heteroatoms. The van der Waals surface area contributed by atoms with Crippen molar-refractivity contribution in [1.82, 2.24) is 4.98 Å². The van der Waals surface area contributed by atoms with Gasteiger partial charge in [0.2, 0.25) is 0 Å². The van der Waals surface area contributed by atoms with Crippen LogP contribution in [-0.2, 0) is 28.5 Å². The Morgan fingerprint density at radius 1 is 0.778 bits per heavy atom. The predicted molar refractivity (Wildman–Crippen MR) is 207 cm³/mol. The van der Waals surface area contributed by atoms with E-state index in [4.69, 9.17) is 9.47 Å². The summed E-state index contributed by atoms with van der Waals surface area (Å²) in [7, 11) is 0. The van der Waals surface area contributed by atoms with Crippen molar-refractivity contribution in [3.63, 3.8) is 0 Å². The topological polar surface area (TPSA) is 48.4 Å². The van der Waals surface area contributed by atoms with Crippen LogP contribution in [0.15, 0.2) is 140 Å². The lowest BCUT2D eigenvalue weighted by atomic mass is 9.91. The second kappa shape index (κ2) is 14.3. The predicted octanol–water partition coefficient (Wildman–Crippen LogP) is 12.2. The minimum atomic E-state index is -4.56. The van der Waals surface area contributed by atoms with Gasteiger partial charge in [-0.1, -0.05) is 109 Å². The number of alkyl halides is 3. The van der Waals surface area contributed by atoms with E-state index in [2.05, 4.69) is 23.2 Å². The van der Waals surface area contributed by atoms with Crippen LogP contribution in [-0.4, -0.2) is 17.6 Å². The first-order valence-corrected chi connectivity index (χ1v) is 18.0. The number of para-hydroxylation sites is 1. The van der Waals surface area contributed by atoms with Crippen molar-refractivity contribution in [3.05, 3.63) is 173 Å². The van der Waals surface area contributed by atoms with Crippen molar-refractivity contribution in [1.29, 1.82) is 0 Å². The zero-order valence-corrected chi connectivity index (χ0v) is 29.8. The van der Waals surface area contributed by atoms with Crippen LogP contribution in [0.1, 0.15) is 53.1 Å². The lowest BCUT2D eigenvalue weighted by molar-refractivity contribution is -0.144. The molecule has 0 amide bonds. The summed E-state index contributed by atoms with van der Waals surface area (Å²) in [5.41, 5.74) is 9.79. The Labute approximate surface area is 311 Å². The smallest absolute Gasteiger partial charge is 0.418 e. The van der Waals surface area contributed by atoms with Gasteiger partial charge in [0, 0.05) is 17.1 Å². The highest BCUT2D eigenvalue weighted by Gasteiger charge is 2.34. The molecule has 54 heavy (non-hydrogen) atoms. The molecule has 1 aliphatic carbocycles. The van der Waals surface area contributed by atoms with E-state index in [1.807, 2.05) is 104 Å². The number of nitrogens with zero attached hydrogens (tertiary/aromatic N) is 1. The Morgan fingerprint density at radius 2 is 1.54 bits per heavy atom. The second-order valence-corrected chi connectivity index (χ2v) is 13.5. The number of aromatic nitrogens is 1. The normalized spacial score (nSPS) is 12.6. The Morgan fingerprint density at radius 3 is 2.31 bits per heavy atom.